The van der Waals surface area contributed by atoms with E-state index < -0.39 is 29.9 Å². The lowest BCUT2D eigenvalue weighted by atomic mass is 10.1. The van der Waals surface area contributed by atoms with E-state index in [0.717, 1.165) is 22.5 Å². The number of amidine groups is 1. The van der Waals surface area contributed by atoms with Gasteiger partial charge in [0.1, 0.15) is 5.84 Å². The SMILES string of the molecule is N=C(Cc1cccc(CN2C(=O)c3cccc(NC(=O)c4ccc(Cl)s4)c3C2=O)c1)N1CCOCC1.O=C(O)C(F)(F)F. The summed E-state index contributed by atoms with van der Waals surface area (Å²) in [7, 11) is 0. The van der Waals surface area contributed by atoms with Crippen LogP contribution in [0.4, 0.5) is 18.9 Å². The zero-order valence-corrected chi connectivity index (χ0v) is 23.8. The molecule has 0 aliphatic carbocycles. The molecule has 2 aromatic carbocycles. The molecule has 0 spiro atoms. The quantitative estimate of drug-likeness (QED) is 0.198. The summed E-state index contributed by atoms with van der Waals surface area (Å²) in [5.41, 5.74) is 2.45. The van der Waals surface area contributed by atoms with Gasteiger partial charge < -0.3 is 20.1 Å². The molecule has 0 bridgehead atoms. The Balaban J connectivity index is 0.000000541. The van der Waals surface area contributed by atoms with Crippen LogP contribution in [-0.4, -0.2) is 76.9 Å². The molecule has 3 heterocycles. The molecule has 226 valence electrons. The molecule has 0 saturated carbocycles. The zero-order valence-electron chi connectivity index (χ0n) is 22.2. The molecular weight excluding hydrogens is 613 g/mol. The van der Waals surface area contributed by atoms with Gasteiger partial charge in [-0.15, -0.1) is 11.3 Å². The number of fused-ring (bicyclic) bond motifs is 1. The summed E-state index contributed by atoms with van der Waals surface area (Å²) in [6, 6.07) is 15.7. The van der Waals surface area contributed by atoms with Crippen molar-refractivity contribution in [1.29, 1.82) is 5.41 Å². The average molecular weight is 637 g/mol. The van der Waals surface area contributed by atoms with Crippen LogP contribution in [0.3, 0.4) is 0 Å². The van der Waals surface area contributed by atoms with Gasteiger partial charge in [0, 0.05) is 19.5 Å². The van der Waals surface area contributed by atoms with E-state index >= 15 is 0 Å². The second-order valence-electron chi connectivity index (χ2n) is 9.33. The molecule has 1 aromatic heterocycles. The molecule has 2 aliphatic rings. The number of carbonyl (C=O) groups is 4. The van der Waals surface area contributed by atoms with Crippen molar-refractivity contribution in [2.75, 3.05) is 31.6 Å². The van der Waals surface area contributed by atoms with Gasteiger partial charge in [0.2, 0.25) is 0 Å². The summed E-state index contributed by atoms with van der Waals surface area (Å²) in [5.74, 6) is -3.50. The number of rotatable bonds is 6. The first-order valence-corrected chi connectivity index (χ1v) is 13.9. The summed E-state index contributed by atoms with van der Waals surface area (Å²) in [4.78, 5) is 51.5. The number of anilines is 1. The van der Waals surface area contributed by atoms with E-state index in [0.29, 0.717) is 47.8 Å². The number of alkyl halides is 3. The zero-order chi connectivity index (χ0) is 31.3. The fourth-order valence-electron chi connectivity index (χ4n) is 4.36. The number of thiophene rings is 1. The molecule has 3 aromatic rings. The van der Waals surface area contributed by atoms with Crippen molar-refractivity contribution in [2.24, 2.45) is 0 Å². The van der Waals surface area contributed by atoms with Crippen LogP contribution in [0.15, 0.2) is 54.6 Å². The van der Waals surface area contributed by atoms with E-state index in [1.54, 1.807) is 30.3 Å². The largest absolute Gasteiger partial charge is 0.490 e. The van der Waals surface area contributed by atoms with E-state index in [9.17, 15) is 27.6 Å². The Morgan fingerprint density at radius 1 is 1.02 bits per heavy atom. The van der Waals surface area contributed by atoms with Crippen molar-refractivity contribution >= 4 is 58.2 Å². The van der Waals surface area contributed by atoms with Crippen LogP contribution >= 0.6 is 22.9 Å². The van der Waals surface area contributed by atoms with Gasteiger partial charge in [0.15, 0.2) is 0 Å². The minimum atomic E-state index is -5.08. The van der Waals surface area contributed by atoms with Crippen molar-refractivity contribution in [1.82, 2.24) is 9.80 Å². The third-order valence-corrected chi connectivity index (χ3v) is 7.61. The molecule has 1 fully saturated rings. The maximum absolute atomic E-state index is 13.3. The Bertz CT molecular complexity index is 1570. The Labute approximate surface area is 252 Å². The summed E-state index contributed by atoms with van der Waals surface area (Å²) >= 11 is 7.07. The predicted octanol–water partition coefficient (Wildman–Crippen LogP) is 4.94. The lowest BCUT2D eigenvalue weighted by molar-refractivity contribution is -0.192. The molecule has 0 radical (unpaired) electrons. The van der Waals surface area contributed by atoms with Gasteiger partial charge in [0.25, 0.3) is 17.7 Å². The van der Waals surface area contributed by atoms with Gasteiger partial charge in [-0.2, -0.15) is 13.2 Å². The van der Waals surface area contributed by atoms with E-state index in [2.05, 4.69) is 5.32 Å². The van der Waals surface area contributed by atoms with E-state index in [4.69, 9.17) is 31.6 Å². The molecule has 0 atom stereocenters. The highest BCUT2D eigenvalue weighted by Gasteiger charge is 2.39. The Morgan fingerprint density at radius 2 is 1.67 bits per heavy atom. The second kappa shape index (κ2) is 13.4. The molecular formula is C28H24ClF3N4O6S. The van der Waals surface area contributed by atoms with Crippen LogP contribution in [0.25, 0.3) is 0 Å². The molecule has 5 rings (SSSR count). The number of benzene rings is 2. The highest BCUT2D eigenvalue weighted by Crippen LogP contribution is 2.31. The number of carbonyl (C=O) groups excluding carboxylic acids is 3. The molecule has 1 saturated heterocycles. The summed E-state index contributed by atoms with van der Waals surface area (Å²) in [6.07, 6.45) is -4.63. The fourth-order valence-corrected chi connectivity index (χ4v) is 5.30. The first-order valence-electron chi connectivity index (χ1n) is 12.7. The number of morpholine rings is 1. The minimum Gasteiger partial charge on any atom is -0.475 e. The molecule has 10 nitrogen and oxygen atoms in total. The van der Waals surface area contributed by atoms with E-state index in [1.807, 2.05) is 29.2 Å². The van der Waals surface area contributed by atoms with Crippen molar-refractivity contribution in [3.05, 3.63) is 86.1 Å². The lowest BCUT2D eigenvalue weighted by Gasteiger charge is -2.29. The third kappa shape index (κ3) is 7.77. The molecule has 15 heteroatoms. The highest BCUT2D eigenvalue weighted by molar-refractivity contribution is 7.18. The van der Waals surface area contributed by atoms with Crippen LogP contribution < -0.4 is 5.32 Å². The topological polar surface area (TPSA) is 140 Å². The number of aliphatic carboxylic acids is 1. The predicted molar refractivity (Wildman–Crippen MR) is 152 cm³/mol. The minimum absolute atomic E-state index is 0.0962. The van der Waals surface area contributed by atoms with Gasteiger partial charge in [-0.1, -0.05) is 41.9 Å². The molecule has 43 heavy (non-hydrogen) atoms. The maximum atomic E-state index is 13.3. The summed E-state index contributed by atoms with van der Waals surface area (Å²) in [5, 5.41) is 18.3. The van der Waals surface area contributed by atoms with Crippen LogP contribution in [0.5, 0.6) is 0 Å². The van der Waals surface area contributed by atoms with Gasteiger partial charge >= 0.3 is 12.1 Å². The number of amides is 3. The van der Waals surface area contributed by atoms with Crippen LogP contribution in [0.1, 0.15) is 41.5 Å². The van der Waals surface area contributed by atoms with Crippen molar-refractivity contribution in [2.45, 2.75) is 19.1 Å². The first kappa shape index (κ1) is 31.7. The highest BCUT2D eigenvalue weighted by atomic mass is 35.5. The average Bonchev–Trinajstić information content (AvgIpc) is 3.51. The number of ether oxygens (including phenoxy) is 1. The monoisotopic (exact) mass is 636 g/mol. The van der Waals surface area contributed by atoms with Crippen LogP contribution in [-0.2, 0) is 22.5 Å². The Morgan fingerprint density at radius 3 is 2.30 bits per heavy atom. The number of carboxylic acid groups (broad SMARTS) is 1. The number of nitrogens with zero attached hydrogens (tertiary/aromatic N) is 2. The number of imide groups is 1. The normalized spacial score (nSPS) is 14.6. The Hall–Kier alpha value is -4.27. The van der Waals surface area contributed by atoms with Crippen LogP contribution in [0.2, 0.25) is 4.34 Å². The standard InChI is InChI=1S/C26H23ClN4O4S.C2HF3O2/c27-21-8-7-20(36-21)24(32)29-19-6-2-5-18-23(19)26(34)31(25(18)33)15-17-4-1-3-16(13-17)14-22(28)30-9-11-35-12-10-30;3-2(4,5)1(6)7/h1-8,13,28H,9-12,14-15H2,(H,29,32);(H,6,7). The lowest BCUT2D eigenvalue weighted by Crippen LogP contribution is -2.41. The van der Waals surface area contributed by atoms with Crippen molar-refractivity contribution < 1.29 is 42.2 Å². The smallest absolute Gasteiger partial charge is 0.475 e. The fraction of sp³-hybridized carbons (Fsp3) is 0.250. The molecule has 3 amide bonds. The van der Waals surface area contributed by atoms with Crippen molar-refractivity contribution in [3.8, 4) is 0 Å². The van der Waals surface area contributed by atoms with E-state index in [-0.39, 0.29) is 23.4 Å². The molecule has 2 aliphatic heterocycles. The number of halogens is 4. The number of nitrogens with one attached hydrogen (secondary N) is 2. The van der Waals surface area contributed by atoms with Gasteiger partial charge in [-0.25, -0.2) is 4.79 Å². The maximum Gasteiger partial charge on any atom is 0.490 e. The van der Waals surface area contributed by atoms with Gasteiger partial charge in [-0.3, -0.25) is 24.7 Å². The molecule has 0 unspecified atom stereocenters. The Kier molecular flexibility index (Phi) is 9.84. The second-order valence-corrected chi connectivity index (χ2v) is 11.0. The number of hydrogen-bond acceptors (Lipinski definition) is 7. The summed E-state index contributed by atoms with van der Waals surface area (Å²) in [6.45, 7) is 2.73. The molecule has 3 N–H and O–H groups in total. The number of hydrogen-bond donors (Lipinski definition) is 3. The number of carboxylic acids is 1. The van der Waals surface area contributed by atoms with Gasteiger partial charge in [0.05, 0.1) is 45.8 Å². The van der Waals surface area contributed by atoms with E-state index in [1.165, 1.54) is 4.90 Å². The summed E-state index contributed by atoms with van der Waals surface area (Å²) < 4.78 is 37.6. The third-order valence-electron chi connectivity index (χ3n) is 6.38. The first-order chi connectivity index (χ1) is 20.3. The van der Waals surface area contributed by atoms with Gasteiger partial charge in [-0.05, 0) is 35.4 Å². The van der Waals surface area contributed by atoms with Crippen LogP contribution in [0, 0.1) is 5.41 Å². The van der Waals surface area contributed by atoms with Crippen molar-refractivity contribution in [3.63, 3.8) is 0 Å².